The summed E-state index contributed by atoms with van der Waals surface area (Å²) in [6.45, 7) is 7.00. The monoisotopic (exact) mass is 223 g/mol. The van der Waals surface area contributed by atoms with Gasteiger partial charge in [-0.05, 0) is 6.92 Å². The largest absolute Gasteiger partial charge is 0.360 e. The second kappa shape index (κ2) is 4.55. The zero-order chi connectivity index (χ0) is 11.5. The Kier molecular flexibility index (Phi) is 3.12. The third-order valence-corrected chi connectivity index (χ3v) is 2.87. The fourth-order valence-electron chi connectivity index (χ4n) is 1.91. The lowest BCUT2D eigenvalue weighted by Gasteiger charge is -2.34. The molecule has 1 aromatic rings. The average molecular weight is 223 g/mol. The van der Waals surface area contributed by atoms with Gasteiger partial charge in [-0.2, -0.15) is 0 Å². The van der Waals surface area contributed by atoms with Crippen LogP contribution in [0, 0.1) is 6.92 Å². The van der Waals surface area contributed by atoms with E-state index in [0.717, 1.165) is 37.8 Å². The molecule has 0 bridgehead atoms. The summed E-state index contributed by atoms with van der Waals surface area (Å²) in [5.41, 5.74) is 0. The molecule has 1 amide bonds. The van der Waals surface area contributed by atoms with Crippen LogP contribution in [-0.2, 0) is 4.79 Å². The molecule has 16 heavy (non-hydrogen) atoms. The maximum Gasteiger partial charge on any atom is 0.222 e. The van der Waals surface area contributed by atoms with Gasteiger partial charge in [-0.3, -0.25) is 4.79 Å². The third-order valence-electron chi connectivity index (χ3n) is 2.87. The Morgan fingerprint density at radius 2 is 2.12 bits per heavy atom. The Hall–Kier alpha value is -1.52. The van der Waals surface area contributed by atoms with Gasteiger partial charge >= 0.3 is 0 Å². The molecule has 1 fully saturated rings. The molecule has 0 radical (unpaired) electrons. The maximum atomic E-state index is 11.5. The first-order valence-electron chi connectivity index (χ1n) is 5.66. The lowest BCUT2D eigenvalue weighted by atomic mass is 10.3. The van der Waals surface area contributed by atoms with E-state index in [2.05, 4.69) is 10.1 Å². The molecule has 0 unspecified atom stereocenters. The SMILES string of the molecule is CCC(=O)N1CCN(c2cc(C)on2)CC1. The van der Waals surface area contributed by atoms with Crippen molar-refractivity contribution in [2.45, 2.75) is 20.3 Å². The number of hydrogen-bond donors (Lipinski definition) is 0. The van der Waals surface area contributed by atoms with E-state index in [1.807, 2.05) is 24.8 Å². The van der Waals surface area contributed by atoms with Crippen LogP contribution in [0.4, 0.5) is 5.82 Å². The number of carbonyl (C=O) groups is 1. The number of amides is 1. The van der Waals surface area contributed by atoms with E-state index in [9.17, 15) is 4.79 Å². The number of aromatic nitrogens is 1. The summed E-state index contributed by atoms with van der Waals surface area (Å²) in [6.07, 6.45) is 0.586. The van der Waals surface area contributed by atoms with E-state index in [4.69, 9.17) is 4.52 Å². The van der Waals surface area contributed by atoms with Gasteiger partial charge in [0.25, 0.3) is 0 Å². The quantitative estimate of drug-likeness (QED) is 0.751. The molecule has 2 rings (SSSR count). The highest BCUT2D eigenvalue weighted by Crippen LogP contribution is 2.16. The van der Waals surface area contributed by atoms with Crippen molar-refractivity contribution in [2.75, 3.05) is 31.1 Å². The van der Waals surface area contributed by atoms with Gasteiger partial charge in [-0.15, -0.1) is 0 Å². The second-order valence-corrected chi connectivity index (χ2v) is 4.02. The number of nitrogens with zero attached hydrogens (tertiary/aromatic N) is 3. The zero-order valence-corrected chi connectivity index (χ0v) is 9.77. The van der Waals surface area contributed by atoms with Crippen molar-refractivity contribution in [3.05, 3.63) is 11.8 Å². The molecule has 0 saturated carbocycles. The second-order valence-electron chi connectivity index (χ2n) is 4.02. The average Bonchev–Trinajstić information content (AvgIpc) is 2.75. The van der Waals surface area contributed by atoms with E-state index in [-0.39, 0.29) is 5.91 Å². The summed E-state index contributed by atoms with van der Waals surface area (Å²) in [5, 5.41) is 3.98. The van der Waals surface area contributed by atoms with Crippen molar-refractivity contribution < 1.29 is 9.32 Å². The van der Waals surface area contributed by atoms with Crippen LogP contribution in [0.5, 0.6) is 0 Å². The van der Waals surface area contributed by atoms with Crippen LogP contribution in [0.1, 0.15) is 19.1 Å². The molecular weight excluding hydrogens is 206 g/mol. The third kappa shape index (κ3) is 2.18. The molecule has 0 aromatic carbocycles. The minimum Gasteiger partial charge on any atom is -0.360 e. The molecule has 2 heterocycles. The zero-order valence-electron chi connectivity index (χ0n) is 9.77. The van der Waals surface area contributed by atoms with Gasteiger partial charge in [0.2, 0.25) is 5.91 Å². The lowest BCUT2D eigenvalue weighted by molar-refractivity contribution is -0.131. The summed E-state index contributed by atoms with van der Waals surface area (Å²) in [5.74, 6) is 1.93. The van der Waals surface area contributed by atoms with E-state index in [1.54, 1.807) is 0 Å². The van der Waals surface area contributed by atoms with Crippen LogP contribution in [0.3, 0.4) is 0 Å². The van der Waals surface area contributed by atoms with Crippen LogP contribution in [0.25, 0.3) is 0 Å². The predicted molar refractivity (Wildman–Crippen MR) is 60.3 cm³/mol. The number of hydrogen-bond acceptors (Lipinski definition) is 4. The molecule has 88 valence electrons. The number of piperazine rings is 1. The van der Waals surface area contributed by atoms with E-state index >= 15 is 0 Å². The molecule has 0 spiro atoms. The van der Waals surface area contributed by atoms with Crippen LogP contribution >= 0.6 is 0 Å². The normalized spacial score (nSPS) is 16.6. The fourth-order valence-corrected chi connectivity index (χ4v) is 1.91. The Morgan fingerprint density at radius 1 is 1.44 bits per heavy atom. The van der Waals surface area contributed by atoms with Crippen LogP contribution in [0.2, 0.25) is 0 Å². The van der Waals surface area contributed by atoms with Crippen molar-refractivity contribution in [1.82, 2.24) is 10.1 Å². The molecule has 1 aliphatic heterocycles. The summed E-state index contributed by atoms with van der Waals surface area (Å²) in [6, 6.07) is 1.93. The molecule has 0 aliphatic carbocycles. The standard InChI is InChI=1S/C11H17N3O2/c1-3-11(15)14-6-4-13(5-7-14)10-8-9(2)16-12-10/h8H,3-7H2,1-2H3. The molecule has 1 saturated heterocycles. The first-order chi connectivity index (χ1) is 7.70. The molecule has 0 atom stereocenters. The topological polar surface area (TPSA) is 49.6 Å². The van der Waals surface area contributed by atoms with Crippen molar-refractivity contribution >= 4 is 11.7 Å². The number of aryl methyl sites for hydroxylation is 1. The Bertz CT molecular complexity index is 367. The molecule has 1 aliphatic rings. The first kappa shape index (κ1) is 11.0. The van der Waals surface area contributed by atoms with Crippen molar-refractivity contribution in [1.29, 1.82) is 0 Å². The van der Waals surface area contributed by atoms with Gasteiger partial charge in [0.15, 0.2) is 5.82 Å². The number of carbonyl (C=O) groups excluding carboxylic acids is 1. The number of rotatable bonds is 2. The molecule has 5 nitrogen and oxygen atoms in total. The molecule has 5 heteroatoms. The highest BCUT2D eigenvalue weighted by molar-refractivity contribution is 5.76. The van der Waals surface area contributed by atoms with Gasteiger partial charge < -0.3 is 14.3 Å². The van der Waals surface area contributed by atoms with Gasteiger partial charge in [-0.1, -0.05) is 12.1 Å². The molecule has 0 N–H and O–H groups in total. The first-order valence-corrected chi connectivity index (χ1v) is 5.66. The summed E-state index contributed by atoms with van der Waals surface area (Å²) in [7, 11) is 0. The van der Waals surface area contributed by atoms with E-state index < -0.39 is 0 Å². The summed E-state index contributed by atoms with van der Waals surface area (Å²) < 4.78 is 5.04. The maximum absolute atomic E-state index is 11.5. The Morgan fingerprint density at radius 3 is 2.62 bits per heavy atom. The Balaban J connectivity index is 1.92. The predicted octanol–water partition coefficient (Wildman–Crippen LogP) is 1.04. The van der Waals surface area contributed by atoms with Crippen molar-refractivity contribution in [2.24, 2.45) is 0 Å². The van der Waals surface area contributed by atoms with Crippen LogP contribution in [0.15, 0.2) is 10.6 Å². The van der Waals surface area contributed by atoms with Gasteiger partial charge in [0, 0.05) is 38.7 Å². The summed E-state index contributed by atoms with van der Waals surface area (Å²) in [4.78, 5) is 15.5. The molecule has 1 aromatic heterocycles. The summed E-state index contributed by atoms with van der Waals surface area (Å²) >= 11 is 0. The van der Waals surface area contributed by atoms with Crippen molar-refractivity contribution in [3.8, 4) is 0 Å². The van der Waals surface area contributed by atoms with E-state index in [0.29, 0.717) is 6.42 Å². The minimum absolute atomic E-state index is 0.232. The van der Waals surface area contributed by atoms with E-state index in [1.165, 1.54) is 0 Å². The van der Waals surface area contributed by atoms with Crippen molar-refractivity contribution in [3.63, 3.8) is 0 Å². The highest BCUT2D eigenvalue weighted by Gasteiger charge is 2.21. The fraction of sp³-hybridized carbons (Fsp3) is 0.636. The number of anilines is 1. The van der Waals surface area contributed by atoms with Gasteiger partial charge in [-0.25, -0.2) is 0 Å². The van der Waals surface area contributed by atoms with Crippen LogP contribution < -0.4 is 4.90 Å². The minimum atomic E-state index is 0.232. The van der Waals surface area contributed by atoms with Gasteiger partial charge in [0.05, 0.1) is 0 Å². The van der Waals surface area contributed by atoms with Gasteiger partial charge in [0.1, 0.15) is 5.76 Å². The van der Waals surface area contributed by atoms with Crippen LogP contribution in [-0.4, -0.2) is 42.1 Å². The highest BCUT2D eigenvalue weighted by atomic mass is 16.5. The molecular formula is C11H17N3O2. The smallest absolute Gasteiger partial charge is 0.222 e. The Labute approximate surface area is 95.0 Å². The lowest BCUT2D eigenvalue weighted by Crippen LogP contribution is -2.48.